The van der Waals surface area contributed by atoms with Crippen molar-refractivity contribution in [2.75, 3.05) is 0 Å². The van der Waals surface area contributed by atoms with Crippen LogP contribution in [0.15, 0.2) is 109 Å². The zero-order valence-corrected chi connectivity index (χ0v) is 19.9. The van der Waals surface area contributed by atoms with Gasteiger partial charge in [0.05, 0.1) is 0 Å². The monoisotopic (exact) mass is 479 g/mol. The maximum absolute atomic E-state index is 8.13. The minimum absolute atomic E-state index is 0.604. The number of pyridine rings is 1. The van der Waals surface area contributed by atoms with Crippen LogP contribution in [0.4, 0.5) is 0 Å². The molecule has 5 heteroatoms. The van der Waals surface area contributed by atoms with E-state index in [-0.39, 0.29) is 0 Å². The minimum atomic E-state index is -3.40. The number of rotatable bonds is 5. The fraction of sp³-hybridized carbons (Fsp3) is 0.0385. The second-order valence-corrected chi connectivity index (χ2v) is 15.4. The second-order valence-electron chi connectivity index (χ2n) is 7.58. The predicted molar refractivity (Wildman–Crippen MR) is 139 cm³/mol. The number of fused-ring (bicyclic) bond motifs is 1. The van der Waals surface area contributed by atoms with Gasteiger partial charge in [-0.25, -0.2) is 0 Å². The molecule has 5 aromatic rings. The van der Waals surface area contributed by atoms with Gasteiger partial charge in [-0.15, -0.1) is 0 Å². The number of aromatic nitrogens is 1. The molecule has 2 heterocycles. The zero-order chi connectivity index (χ0) is 21.3. The van der Waals surface area contributed by atoms with Crippen molar-refractivity contribution in [2.24, 2.45) is 0 Å². The molecule has 0 saturated heterocycles. The third-order valence-electron chi connectivity index (χ3n) is 5.77. The average Bonchev–Trinajstić information content (AvgIpc) is 3.21. The predicted octanol–water partition coefficient (Wildman–Crippen LogP) is 7.13. The molecule has 0 aliphatic heterocycles. The summed E-state index contributed by atoms with van der Waals surface area (Å²) in [6.45, 7) is 0. The van der Waals surface area contributed by atoms with Gasteiger partial charge in [0.2, 0.25) is 0 Å². The van der Waals surface area contributed by atoms with Gasteiger partial charge in [-0.05, 0) is 0 Å². The van der Waals surface area contributed by atoms with Crippen LogP contribution >= 0.6 is 40.1 Å². The van der Waals surface area contributed by atoms with Crippen molar-refractivity contribution < 1.29 is 0 Å². The van der Waals surface area contributed by atoms with Crippen molar-refractivity contribution in [3.05, 3.63) is 119 Å². The molecule has 154 valence electrons. The summed E-state index contributed by atoms with van der Waals surface area (Å²) in [5, 5.41) is 6.02. The van der Waals surface area contributed by atoms with Crippen molar-refractivity contribution in [1.82, 2.24) is 4.98 Å². The number of hydrogen-bond donors (Lipinski definition) is 0. The van der Waals surface area contributed by atoms with Gasteiger partial charge >= 0.3 is 197 Å². The molecule has 0 aliphatic rings. The molecule has 0 aliphatic carbocycles. The van der Waals surface area contributed by atoms with Crippen LogP contribution in [0.1, 0.15) is 5.69 Å². The Balaban J connectivity index is 1.84. The summed E-state index contributed by atoms with van der Waals surface area (Å²) in [5.41, 5.74) is 1.79. The van der Waals surface area contributed by atoms with E-state index in [2.05, 4.69) is 84.9 Å². The average molecular weight is 480 g/mol. The molecule has 2 aromatic heterocycles. The first-order valence-electron chi connectivity index (χ1n) is 10.0. The molecule has 5 rings (SSSR count). The Labute approximate surface area is 196 Å². The maximum atomic E-state index is 8.13. The number of nitrogens with zero attached hydrogens (tertiary/aromatic N) is 1. The Morgan fingerprint density at radius 3 is 1.65 bits per heavy atom. The molecular weight excluding hydrogens is 460 g/mol. The van der Waals surface area contributed by atoms with Gasteiger partial charge in [0, 0.05) is 0 Å². The molecule has 0 amide bonds. The van der Waals surface area contributed by atoms with Gasteiger partial charge < -0.3 is 0 Å². The van der Waals surface area contributed by atoms with E-state index in [4.69, 9.17) is 27.8 Å². The molecule has 0 N–H and O–H groups in total. The molecule has 0 unspecified atom stereocenters. The summed E-state index contributed by atoms with van der Waals surface area (Å²) in [7, 11) is 0. The van der Waals surface area contributed by atoms with Gasteiger partial charge in [-0.3, -0.25) is 0 Å². The number of benzene rings is 3. The number of thiophene rings is 1. The van der Waals surface area contributed by atoms with Gasteiger partial charge in [-0.1, -0.05) is 0 Å². The Morgan fingerprint density at radius 2 is 1.16 bits per heavy atom. The summed E-state index contributed by atoms with van der Waals surface area (Å²) in [5.74, 6) is -3.40. The van der Waals surface area contributed by atoms with Crippen LogP contribution in [0.25, 0.3) is 10.2 Å². The zero-order valence-electron chi connectivity index (χ0n) is 16.7. The summed E-state index contributed by atoms with van der Waals surface area (Å²) in [4.78, 5) is 4.97. The standard InChI is InChI=1S/C26H20Cl2NPS/c27-24-19-31-25-17-16-20(29-26(24)25)18-30(28,21-10-4-1-5-11-21,22-12-6-2-7-13-22)23-14-8-3-9-15-23/h1-17,19H,18H2. The van der Waals surface area contributed by atoms with Crippen LogP contribution in [0, 0.1) is 0 Å². The topological polar surface area (TPSA) is 12.9 Å². The molecule has 0 atom stereocenters. The second kappa shape index (κ2) is 8.04. The normalized spacial score (nSPS) is 13.0. The molecule has 1 nitrogen and oxygen atoms in total. The van der Waals surface area contributed by atoms with Crippen molar-refractivity contribution in [3.63, 3.8) is 0 Å². The van der Waals surface area contributed by atoms with Gasteiger partial charge in [0.15, 0.2) is 0 Å². The van der Waals surface area contributed by atoms with Crippen molar-refractivity contribution in [2.45, 2.75) is 6.16 Å². The van der Waals surface area contributed by atoms with Gasteiger partial charge in [0.1, 0.15) is 0 Å². The van der Waals surface area contributed by atoms with Crippen LogP contribution < -0.4 is 15.9 Å². The first-order chi connectivity index (χ1) is 15.1. The van der Waals surface area contributed by atoms with E-state index in [0.29, 0.717) is 11.2 Å². The van der Waals surface area contributed by atoms with E-state index in [1.165, 1.54) is 0 Å². The summed E-state index contributed by atoms with van der Waals surface area (Å²) >= 11 is 16.2. The molecule has 0 saturated carbocycles. The summed E-state index contributed by atoms with van der Waals surface area (Å²) in [6, 6.07) is 35.6. The number of hydrogen-bond acceptors (Lipinski definition) is 2. The van der Waals surface area contributed by atoms with Crippen molar-refractivity contribution in [1.29, 1.82) is 0 Å². The van der Waals surface area contributed by atoms with E-state index in [0.717, 1.165) is 31.8 Å². The fourth-order valence-corrected chi connectivity index (χ4v) is 11.3. The van der Waals surface area contributed by atoms with Crippen molar-refractivity contribution >= 4 is 66.3 Å². The molecular formula is C26H20Cl2NPS. The van der Waals surface area contributed by atoms with E-state index in [1.807, 2.05) is 23.6 Å². The third-order valence-corrected chi connectivity index (χ3v) is 14.3. The van der Waals surface area contributed by atoms with Crippen LogP contribution in [-0.4, -0.2) is 4.98 Å². The fourth-order valence-electron chi connectivity index (χ4n) is 4.25. The van der Waals surface area contributed by atoms with E-state index >= 15 is 0 Å². The molecule has 0 spiro atoms. The molecule has 0 bridgehead atoms. The van der Waals surface area contributed by atoms with E-state index in [9.17, 15) is 0 Å². The summed E-state index contributed by atoms with van der Waals surface area (Å²) in [6.07, 6.45) is 0.604. The Morgan fingerprint density at radius 1 is 0.677 bits per heavy atom. The van der Waals surface area contributed by atoms with E-state index in [1.54, 1.807) is 11.3 Å². The van der Waals surface area contributed by atoms with Crippen LogP contribution in [0.5, 0.6) is 0 Å². The Kier molecular flexibility index (Phi) is 5.36. The van der Waals surface area contributed by atoms with Crippen LogP contribution in [0.3, 0.4) is 0 Å². The van der Waals surface area contributed by atoms with Gasteiger partial charge in [0.25, 0.3) is 0 Å². The van der Waals surface area contributed by atoms with E-state index < -0.39 is 5.96 Å². The number of halogens is 2. The molecule has 31 heavy (non-hydrogen) atoms. The van der Waals surface area contributed by atoms with Crippen LogP contribution in [0.2, 0.25) is 5.02 Å². The Hall–Kier alpha value is -2.22. The molecule has 0 fully saturated rings. The first-order valence-corrected chi connectivity index (χ1v) is 14.6. The SMILES string of the molecule is Clc1csc2ccc(CP(Cl)(c3ccccc3)(c3ccccc3)c3ccccc3)nc12. The van der Waals surface area contributed by atoms with Crippen molar-refractivity contribution in [3.8, 4) is 0 Å². The van der Waals surface area contributed by atoms with Crippen LogP contribution in [-0.2, 0) is 6.16 Å². The molecule has 3 aromatic carbocycles. The molecule has 0 radical (unpaired) electrons. The van der Waals surface area contributed by atoms with Gasteiger partial charge in [-0.2, -0.15) is 0 Å². The first kappa shape index (κ1) is 20.7. The quantitative estimate of drug-likeness (QED) is 0.244. The Bertz CT molecular complexity index is 1240. The third kappa shape index (κ3) is 3.39. The summed E-state index contributed by atoms with van der Waals surface area (Å²) < 4.78 is 1.09.